The molecule has 1 aliphatic heterocycles. The Morgan fingerprint density at radius 3 is 2.45 bits per heavy atom. The van der Waals surface area contributed by atoms with Gasteiger partial charge in [-0.25, -0.2) is 14.5 Å². The molecule has 0 unspecified atom stereocenters. The Morgan fingerprint density at radius 2 is 1.70 bits per heavy atom. The standard InChI is InChI=1S/C30H30N4O6/c1-30(2)13-18(35)26-23(14-30)40-29-27(25(26)17-10-11-20(37-4)22(12-17)38-5)28-32-24(33-34(28)16-31-29)15-39-21-9-7-6-8-19(21)36-3/h6-12,16,25H,13-15H2,1-5H3/t25-/m1/s1. The first-order chi connectivity index (χ1) is 19.3. The highest BCUT2D eigenvalue weighted by molar-refractivity contribution is 6.00. The van der Waals surface area contributed by atoms with Gasteiger partial charge in [-0.3, -0.25) is 4.79 Å². The minimum Gasteiger partial charge on any atom is -0.493 e. The molecule has 0 saturated carbocycles. The number of benzene rings is 2. The van der Waals surface area contributed by atoms with Crippen LogP contribution in [0.5, 0.6) is 28.9 Å². The van der Waals surface area contributed by atoms with E-state index in [1.54, 1.807) is 32.2 Å². The second-order valence-electron chi connectivity index (χ2n) is 10.6. The molecule has 0 bridgehead atoms. The number of hydrogen-bond donors (Lipinski definition) is 0. The highest BCUT2D eigenvalue weighted by atomic mass is 16.5. The third-order valence-electron chi connectivity index (χ3n) is 7.27. The van der Waals surface area contributed by atoms with E-state index in [0.29, 0.717) is 70.1 Å². The molecule has 206 valence electrons. The number of nitrogens with zero attached hydrogens (tertiary/aromatic N) is 4. The van der Waals surface area contributed by atoms with Crippen LogP contribution in [0.1, 0.15) is 49.6 Å². The molecule has 0 fully saturated rings. The quantitative estimate of drug-likeness (QED) is 0.322. The van der Waals surface area contributed by atoms with Gasteiger partial charge in [0.15, 0.2) is 40.3 Å². The molecular weight excluding hydrogens is 512 g/mol. The summed E-state index contributed by atoms with van der Waals surface area (Å²) in [5, 5.41) is 4.60. The zero-order valence-electron chi connectivity index (χ0n) is 23.1. The Labute approximate surface area is 231 Å². The Balaban J connectivity index is 1.48. The van der Waals surface area contributed by atoms with Crippen LogP contribution in [0, 0.1) is 5.41 Å². The second-order valence-corrected chi connectivity index (χ2v) is 10.6. The first-order valence-corrected chi connectivity index (χ1v) is 13.0. The van der Waals surface area contributed by atoms with Gasteiger partial charge in [-0.15, -0.1) is 5.10 Å². The third-order valence-corrected chi connectivity index (χ3v) is 7.27. The maximum absolute atomic E-state index is 13.7. The molecule has 6 rings (SSSR count). The lowest BCUT2D eigenvalue weighted by atomic mass is 9.70. The van der Waals surface area contributed by atoms with Crippen molar-refractivity contribution in [3.8, 4) is 28.9 Å². The molecule has 4 aromatic rings. The molecule has 1 atom stereocenters. The number of methoxy groups -OCH3 is 3. The van der Waals surface area contributed by atoms with Gasteiger partial charge in [0, 0.05) is 18.4 Å². The predicted molar refractivity (Wildman–Crippen MR) is 145 cm³/mol. The molecule has 10 nitrogen and oxygen atoms in total. The van der Waals surface area contributed by atoms with Gasteiger partial charge in [0.25, 0.3) is 0 Å². The van der Waals surface area contributed by atoms with Crippen molar-refractivity contribution >= 4 is 11.4 Å². The summed E-state index contributed by atoms with van der Waals surface area (Å²) >= 11 is 0. The Morgan fingerprint density at radius 1 is 0.975 bits per heavy atom. The maximum Gasteiger partial charge on any atom is 0.228 e. The van der Waals surface area contributed by atoms with Crippen LogP contribution in [-0.2, 0) is 11.4 Å². The van der Waals surface area contributed by atoms with Crippen LogP contribution < -0.4 is 23.7 Å². The highest BCUT2D eigenvalue weighted by Gasteiger charge is 2.44. The van der Waals surface area contributed by atoms with Crippen molar-refractivity contribution in [2.75, 3.05) is 21.3 Å². The number of para-hydroxylation sites is 2. The molecule has 0 N–H and O–H groups in total. The SMILES string of the molecule is COc1ccc([C@@H]2C3=C(CC(C)(C)CC3=O)Oc3ncn4nc(COc5ccccc5OC)nc4c32)cc1OC. The smallest absolute Gasteiger partial charge is 0.228 e. The number of ketones is 1. The molecular formula is C30H30N4O6. The van der Waals surface area contributed by atoms with E-state index in [1.807, 2.05) is 42.5 Å². The average molecular weight is 543 g/mol. The van der Waals surface area contributed by atoms with Crippen molar-refractivity contribution in [1.82, 2.24) is 19.6 Å². The van der Waals surface area contributed by atoms with Crippen molar-refractivity contribution < 1.29 is 28.5 Å². The lowest BCUT2D eigenvalue weighted by Gasteiger charge is -2.37. The summed E-state index contributed by atoms with van der Waals surface area (Å²) in [6, 6.07) is 13.1. The lowest BCUT2D eigenvalue weighted by molar-refractivity contribution is -0.118. The van der Waals surface area contributed by atoms with Crippen LogP contribution in [0.4, 0.5) is 0 Å². The van der Waals surface area contributed by atoms with Crippen molar-refractivity contribution in [2.24, 2.45) is 5.41 Å². The van der Waals surface area contributed by atoms with Crippen molar-refractivity contribution in [3.05, 3.63) is 77.1 Å². The van der Waals surface area contributed by atoms with E-state index in [1.165, 1.54) is 0 Å². The lowest BCUT2D eigenvalue weighted by Crippen LogP contribution is -2.33. The van der Waals surface area contributed by atoms with Crippen molar-refractivity contribution in [1.29, 1.82) is 0 Å². The van der Waals surface area contributed by atoms with Gasteiger partial charge in [-0.05, 0) is 35.2 Å². The molecule has 1 aliphatic carbocycles. The normalized spacial score (nSPS) is 17.6. The molecule has 10 heteroatoms. The summed E-state index contributed by atoms with van der Waals surface area (Å²) in [4.78, 5) is 23.1. The Bertz CT molecular complexity index is 1660. The number of aromatic nitrogens is 4. The van der Waals surface area contributed by atoms with Gasteiger partial charge >= 0.3 is 0 Å². The Hall–Kier alpha value is -4.60. The highest BCUT2D eigenvalue weighted by Crippen LogP contribution is 2.51. The summed E-state index contributed by atoms with van der Waals surface area (Å²) in [5.41, 5.74) is 2.43. The zero-order valence-corrected chi connectivity index (χ0v) is 23.1. The van der Waals surface area contributed by atoms with Crippen LogP contribution in [0.2, 0.25) is 0 Å². The molecule has 0 spiro atoms. The largest absolute Gasteiger partial charge is 0.493 e. The number of rotatable bonds is 7. The van der Waals surface area contributed by atoms with E-state index in [0.717, 1.165) is 5.56 Å². The van der Waals surface area contributed by atoms with Crippen LogP contribution >= 0.6 is 0 Å². The van der Waals surface area contributed by atoms with Crippen molar-refractivity contribution in [2.45, 2.75) is 39.2 Å². The number of allylic oxidation sites excluding steroid dienone is 2. The monoisotopic (exact) mass is 542 g/mol. The fourth-order valence-corrected chi connectivity index (χ4v) is 5.50. The molecule has 2 aromatic carbocycles. The van der Waals surface area contributed by atoms with E-state index in [-0.39, 0.29) is 17.8 Å². The summed E-state index contributed by atoms with van der Waals surface area (Å²) in [6.07, 6.45) is 2.60. The summed E-state index contributed by atoms with van der Waals surface area (Å²) in [7, 11) is 4.77. The second kappa shape index (κ2) is 9.86. The van der Waals surface area contributed by atoms with Gasteiger partial charge in [-0.2, -0.15) is 0 Å². The average Bonchev–Trinajstić information content (AvgIpc) is 3.37. The van der Waals surface area contributed by atoms with E-state index in [9.17, 15) is 4.79 Å². The molecule has 40 heavy (non-hydrogen) atoms. The van der Waals surface area contributed by atoms with E-state index in [2.05, 4.69) is 23.9 Å². The molecule has 3 heterocycles. The number of hydrogen-bond acceptors (Lipinski definition) is 9. The number of carbonyl (C=O) groups is 1. The first-order valence-electron chi connectivity index (χ1n) is 13.0. The van der Waals surface area contributed by atoms with Gasteiger partial charge in [0.1, 0.15) is 18.7 Å². The maximum atomic E-state index is 13.7. The number of Topliss-reactive ketones (excluding diaryl/α,β-unsaturated/α-hetero) is 1. The summed E-state index contributed by atoms with van der Waals surface area (Å²) in [6.45, 7) is 4.25. The molecule has 2 aliphatic rings. The van der Waals surface area contributed by atoms with E-state index >= 15 is 0 Å². The zero-order chi connectivity index (χ0) is 28.0. The van der Waals surface area contributed by atoms with Gasteiger partial charge in [0.2, 0.25) is 5.88 Å². The number of ether oxygens (including phenoxy) is 5. The van der Waals surface area contributed by atoms with Crippen LogP contribution in [0.15, 0.2) is 60.1 Å². The minimum absolute atomic E-state index is 0.0398. The minimum atomic E-state index is -0.481. The van der Waals surface area contributed by atoms with Crippen LogP contribution in [0.3, 0.4) is 0 Å². The number of fused-ring (bicyclic) bond motifs is 3. The van der Waals surface area contributed by atoms with E-state index < -0.39 is 5.92 Å². The molecule has 0 saturated heterocycles. The molecule has 2 aromatic heterocycles. The van der Waals surface area contributed by atoms with Gasteiger partial charge in [-0.1, -0.05) is 32.0 Å². The topological polar surface area (TPSA) is 106 Å². The van der Waals surface area contributed by atoms with Crippen LogP contribution in [-0.4, -0.2) is 46.7 Å². The third kappa shape index (κ3) is 4.39. The Kier molecular flexibility index (Phi) is 6.32. The van der Waals surface area contributed by atoms with Crippen molar-refractivity contribution in [3.63, 3.8) is 0 Å². The summed E-state index contributed by atoms with van der Waals surface area (Å²) in [5.74, 6) is 3.41. The summed E-state index contributed by atoms with van der Waals surface area (Å²) < 4.78 is 30.4. The molecule has 0 amide bonds. The fraction of sp³-hybridized carbons (Fsp3) is 0.333. The van der Waals surface area contributed by atoms with Gasteiger partial charge < -0.3 is 23.7 Å². The molecule has 0 radical (unpaired) electrons. The van der Waals surface area contributed by atoms with E-state index in [4.69, 9.17) is 28.7 Å². The fourth-order valence-electron chi connectivity index (χ4n) is 5.50. The first kappa shape index (κ1) is 25.7. The van der Waals surface area contributed by atoms with Gasteiger partial charge in [0.05, 0.1) is 32.8 Å². The van der Waals surface area contributed by atoms with Crippen LogP contribution in [0.25, 0.3) is 5.65 Å². The number of carbonyl (C=O) groups excluding carboxylic acids is 1. The predicted octanol–water partition coefficient (Wildman–Crippen LogP) is 4.90.